The van der Waals surface area contributed by atoms with E-state index in [2.05, 4.69) is 11.4 Å². The van der Waals surface area contributed by atoms with E-state index in [9.17, 15) is 9.59 Å². The number of fused-ring (bicyclic) bond motifs is 1. The first-order chi connectivity index (χ1) is 9.11. The minimum atomic E-state index is -1.12. The molecule has 1 amide bonds. The normalized spacial score (nSPS) is 12.8. The van der Waals surface area contributed by atoms with Gasteiger partial charge in [-0.15, -0.1) is 11.3 Å². The van der Waals surface area contributed by atoms with Crippen LogP contribution in [0, 0.1) is 11.3 Å². The van der Waals surface area contributed by atoms with Crippen LogP contribution >= 0.6 is 11.3 Å². The SMILES string of the molecule is N#Cc1c(NC(=O)COCC(=O)O)sc2c1CCC2. The lowest BCUT2D eigenvalue weighted by Crippen LogP contribution is -2.20. The lowest BCUT2D eigenvalue weighted by atomic mass is 10.1. The molecule has 0 aliphatic heterocycles. The molecule has 0 saturated heterocycles. The van der Waals surface area contributed by atoms with Gasteiger partial charge in [0.15, 0.2) is 0 Å². The van der Waals surface area contributed by atoms with Crippen molar-refractivity contribution in [3.63, 3.8) is 0 Å². The zero-order chi connectivity index (χ0) is 13.8. The molecule has 0 fully saturated rings. The monoisotopic (exact) mass is 280 g/mol. The molecule has 0 aromatic carbocycles. The molecule has 0 saturated carbocycles. The second-order valence-electron chi connectivity index (χ2n) is 4.11. The van der Waals surface area contributed by atoms with Crippen molar-refractivity contribution in [2.24, 2.45) is 0 Å². The van der Waals surface area contributed by atoms with Gasteiger partial charge in [0.2, 0.25) is 0 Å². The molecule has 0 spiro atoms. The number of thiophene rings is 1. The smallest absolute Gasteiger partial charge is 0.329 e. The van der Waals surface area contributed by atoms with Crippen molar-refractivity contribution in [1.29, 1.82) is 5.26 Å². The number of rotatable bonds is 5. The van der Waals surface area contributed by atoms with Crippen molar-refractivity contribution in [3.05, 3.63) is 16.0 Å². The molecule has 100 valence electrons. The number of nitriles is 1. The summed E-state index contributed by atoms with van der Waals surface area (Å²) in [6, 6.07) is 2.12. The first-order valence-corrected chi connectivity index (χ1v) is 6.57. The van der Waals surface area contributed by atoms with Crippen LogP contribution in [0.15, 0.2) is 0 Å². The van der Waals surface area contributed by atoms with Crippen LogP contribution in [-0.4, -0.2) is 30.2 Å². The summed E-state index contributed by atoms with van der Waals surface area (Å²) in [5.74, 6) is -1.57. The molecule has 0 bridgehead atoms. The van der Waals surface area contributed by atoms with Gasteiger partial charge in [-0.05, 0) is 24.8 Å². The molecule has 0 atom stereocenters. The first-order valence-electron chi connectivity index (χ1n) is 5.76. The van der Waals surface area contributed by atoms with Crippen LogP contribution < -0.4 is 5.32 Å². The Balaban J connectivity index is 1.98. The summed E-state index contributed by atoms with van der Waals surface area (Å²) < 4.78 is 4.69. The molecular formula is C12H12N2O4S. The van der Waals surface area contributed by atoms with Crippen molar-refractivity contribution in [3.8, 4) is 6.07 Å². The zero-order valence-corrected chi connectivity index (χ0v) is 10.9. The van der Waals surface area contributed by atoms with E-state index in [1.54, 1.807) is 0 Å². The van der Waals surface area contributed by atoms with Gasteiger partial charge < -0.3 is 15.2 Å². The predicted molar refractivity (Wildman–Crippen MR) is 68.1 cm³/mol. The molecular weight excluding hydrogens is 268 g/mol. The molecule has 0 radical (unpaired) electrons. The van der Waals surface area contributed by atoms with E-state index in [-0.39, 0.29) is 6.61 Å². The van der Waals surface area contributed by atoms with Gasteiger partial charge in [-0.3, -0.25) is 4.79 Å². The van der Waals surface area contributed by atoms with Crippen LogP contribution in [0.25, 0.3) is 0 Å². The number of hydrogen-bond acceptors (Lipinski definition) is 5. The van der Waals surface area contributed by atoms with Crippen molar-refractivity contribution in [2.75, 3.05) is 18.5 Å². The molecule has 7 heteroatoms. The highest BCUT2D eigenvalue weighted by Gasteiger charge is 2.22. The number of carbonyl (C=O) groups is 2. The van der Waals surface area contributed by atoms with Gasteiger partial charge in [-0.1, -0.05) is 0 Å². The number of carboxylic acids is 1. The fraction of sp³-hybridized carbons (Fsp3) is 0.417. The number of amides is 1. The lowest BCUT2D eigenvalue weighted by Gasteiger charge is -2.03. The summed E-state index contributed by atoms with van der Waals surface area (Å²) in [6.45, 7) is -0.848. The Hall–Kier alpha value is -1.91. The average Bonchev–Trinajstić information content (AvgIpc) is 2.88. The summed E-state index contributed by atoms with van der Waals surface area (Å²) in [5.41, 5.74) is 1.57. The predicted octanol–water partition coefficient (Wildman–Crippen LogP) is 1.15. The summed E-state index contributed by atoms with van der Waals surface area (Å²) in [4.78, 5) is 22.9. The van der Waals surface area contributed by atoms with Gasteiger partial charge in [0, 0.05) is 4.88 Å². The molecule has 1 aliphatic rings. The number of aliphatic carboxylic acids is 1. The van der Waals surface area contributed by atoms with Crippen LogP contribution in [0.1, 0.15) is 22.4 Å². The minimum absolute atomic E-state index is 0.334. The van der Waals surface area contributed by atoms with Crippen LogP contribution in [0.5, 0.6) is 0 Å². The fourth-order valence-corrected chi connectivity index (χ4v) is 3.26. The summed E-state index contributed by atoms with van der Waals surface area (Å²) in [7, 11) is 0. The minimum Gasteiger partial charge on any atom is -0.480 e. The third kappa shape index (κ3) is 3.10. The van der Waals surface area contributed by atoms with Gasteiger partial charge in [-0.25, -0.2) is 4.79 Å². The largest absolute Gasteiger partial charge is 0.480 e. The van der Waals surface area contributed by atoms with Crippen LogP contribution in [-0.2, 0) is 27.2 Å². The van der Waals surface area contributed by atoms with Crippen molar-refractivity contribution >= 4 is 28.2 Å². The Kier molecular flexibility index (Phi) is 4.14. The molecule has 2 N–H and O–H groups in total. The number of anilines is 1. The summed E-state index contributed by atoms with van der Waals surface area (Å²) >= 11 is 1.41. The number of ether oxygens (including phenoxy) is 1. The second-order valence-corrected chi connectivity index (χ2v) is 5.21. The van der Waals surface area contributed by atoms with E-state index in [1.165, 1.54) is 11.3 Å². The number of carbonyl (C=O) groups excluding carboxylic acids is 1. The highest BCUT2D eigenvalue weighted by molar-refractivity contribution is 7.16. The molecule has 0 unspecified atom stereocenters. The first kappa shape index (κ1) is 13.5. The number of nitrogens with zero attached hydrogens (tertiary/aromatic N) is 1. The number of aryl methyl sites for hydroxylation is 1. The van der Waals surface area contributed by atoms with Gasteiger partial charge in [0.25, 0.3) is 5.91 Å². The molecule has 2 rings (SSSR count). The third-order valence-electron chi connectivity index (χ3n) is 2.74. The standard InChI is InChI=1S/C12H12N2O4S/c13-4-8-7-2-1-3-9(7)19-12(8)14-10(15)5-18-6-11(16)17/h1-3,5-6H2,(H,14,15)(H,16,17). The second kappa shape index (κ2) is 5.82. The van der Waals surface area contributed by atoms with E-state index in [1.807, 2.05) is 0 Å². The maximum absolute atomic E-state index is 11.6. The number of carboxylic acid groups (broad SMARTS) is 1. The Bertz CT molecular complexity index is 559. The average molecular weight is 280 g/mol. The molecule has 1 aromatic rings. The summed E-state index contributed by atoms with van der Waals surface area (Å²) in [6.07, 6.45) is 2.87. The van der Waals surface area contributed by atoms with Crippen LogP contribution in [0.3, 0.4) is 0 Å². The lowest BCUT2D eigenvalue weighted by molar-refractivity contribution is -0.143. The molecule has 6 nitrogen and oxygen atoms in total. The van der Waals surface area contributed by atoms with Gasteiger partial charge >= 0.3 is 5.97 Å². The van der Waals surface area contributed by atoms with Crippen molar-refractivity contribution in [1.82, 2.24) is 0 Å². The van der Waals surface area contributed by atoms with Gasteiger partial charge in [0.1, 0.15) is 24.3 Å². The Morgan fingerprint density at radius 3 is 2.89 bits per heavy atom. The van der Waals surface area contributed by atoms with E-state index in [0.717, 1.165) is 29.7 Å². The van der Waals surface area contributed by atoms with E-state index < -0.39 is 18.5 Å². The highest BCUT2D eigenvalue weighted by atomic mass is 32.1. The maximum atomic E-state index is 11.6. The third-order valence-corrected chi connectivity index (χ3v) is 3.95. The molecule has 19 heavy (non-hydrogen) atoms. The highest BCUT2D eigenvalue weighted by Crippen LogP contribution is 2.38. The topological polar surface area (TPSA) is 99.4 Å². The fourth-order valence-electron chi connectivity index (χ4n) is 2.00. The molecule has 1 aliphatic carbocycles. The zero-order valence-electron chi connectivity index (χ0n) is 10.1. The Morgan fingerprint density at radius 1 is 1.42 bits per heavy atom. The number of nitrogens with one attached hydrogen (secondary N) is 1. The quantitative estimate of drug-likeness (QED) is 0.842. The Morgan fingerprint density at radius 2 is 2.21 bits per heavy atom. The van der Waals surface area contributed by atoms with Crippen molar-refractivity contribution < 1.29 is 19.4 Å². The van der Waals surface area contributed by atoms with Gasteiger partial charge in [0.05, 0.1) is 5.56 Å². The van der Waals surface area contributed by atoms with Crippen LogP contribution in [0.2, 0.25) is 0 Å². The molecule has 1 aromatic heterocycles. The number of hydrogen-bond donors (Lipinski definition) is 2. The molecule has 1 heterocycles. The summed E-state index contributed by atoms with van der Waals surface area (Å²) in [5, 5.41) is 20.7. The van der Waals surface area contributed by atoms with Crippen molar-refractivity contribution in [2.45, 2.75) is 19.3 Å². The van der Waals surface area contributed by atoms with E-state index in [0.29, 0.717) is 10.6 Å². The van der Waals surface area contributed by atoms with E-state index in [4.69, 9.17) is 15.1 Å². The van der Waals surface area contributed by atoms with E-state index >= 15 is 0 Å². The Labute approximate surface area is 113 Å². The van der Waals surface area contributed by atoms with Gasteiger partial charge in [-0.2, -0.15) is 5.26 Å². The van der Waals surface area contributed by atoms with Crippen LogP contribution in [0.4, 0.5) is 5.00 Å². The maximum Gasteiger partial charge on any atom is 0.329 e.